The van der Waals surface area contributed by atoms with Gasteiger partial charge < -0.3 is 9.47 Å². The van der Waals surface area contributed by atoms with Crippen LogP contribution in [0.25, 0.3) is 0 Å². The highest BCUT2D eigenvalue weighted by molar-refractivity contribution is 4.86. The van der Waals surface area contributed by atoms with Crippen molar-refractivity contribution < 1.29 is 9.47 Å². The molecule has 1 rings (SSSR count). The van der Waals surface area contributed by atoms with Crippen LogP contribution >= 0.6 is 0 Å². The highest BCUT2D eigenvalue weighted by atomic mass is 16.5. The van der Waals surface area contributed by atoms with E-state index in [-0.39, 0.29) is 17.8 Å². The van der Waals surface area contributed by atoms with E-state index in [2.05, 4.69) is 0 Å². The molecule has 20 heavy (non-hydrogen) atoms. The molecule has 0 unspecified atom stereocenters. The summed E-state index contributed by atoms with van der Waals surface area (Å²) in [5.74, 6) is 0. The van der Waals surface area contributed by atoms with Crippen molar-refractivity contribution in [1.29, 1.82) is 0 Å². The van der Waals surface area contributed by atoms with E-state index in [1.165, 1.54) is 21.4 Å². The van der Waals surface area contributed by atoms with Crippen molar-refractivity contribution in [3.05, 3.63) is 33.1 Å². The standard InChI is InChI=1S/C14H24N2O4/c1-3-9-19-11-7-15-6-5-13(17)16(14(15)18)8-12-20-10-4-2/h5-6H,3-4,7-12H2,1-2H3. The van der Waals surface area contributed by atoms with E-state index in [0.29, 0.717) is 33.0 Å². The topological polar surface area (TPSA) is 62.5 Å². The van der Waals surface area contributed by atoms with Crippen LogP contribution in [0.15, 0.2) is 21.9 Å². The number of aromatic nitrogens is 2. The van der Waals surface area contributed by atoms with Gasteiger partial charge in [-0.05, 0) is 12.8 Å². The van der Waals surface area contributed by atoms with Crippen molar-refractivity contribution in [1.82, 2.24) is 9.13 Å². The molecule has 0 aromatic carbocycles. The van der Waals surface area contributed by atoms with Gasteiger partial charge in [0.1, 0.15) is 0 Å². The van der Waals surface area contributed by atoms with Crippen molar-refractivity contribution >= 4 is 0 Å². The van der Waals surface area contributed by atoms with Gasteiger partial charge in [0, 0.05) is 25.5 Å². The lowest BCUT2D eigenvalue weighted by atomic mass is 10.5. The maximum absolute atomic E-state index is 12.1. The molecule has 6 nitrogen and oxygen atoms in total. The second-order valence-corrected chi connectivity index (χ2v) is 4.51. The first-order chi connectivity index (χ1) is 9.70. The molecule has 0 aliphatic rings. The van der Waals surface area contributed by atoms with Gasteiger partial charge in [0.2, 0.25) is 0 Å². The molecule has 0 N–H and O–H groups in total. The number of hydrogen-bond acceptors (Lipinski definition) is 4. The molecule has 0 bridgehead atoms. The second-order valence-electron chi connectivity index (χ2n) is 4.51. The lowest BCUT2D eigenvalue weighted by molar-refractivity contribution is 0.120. The Bertz CT molecular complexity index is 493. The van der Waals surface area contributed by atoms with Crippen LogP contribution in [-0.2, 0) is 22.6 Å². The zero-order chi connectivity index (χ0) is 14.8. The van der Waals surface area contributed by atoms with E-state index < -0.39 is 0 Å². The molecule has 1 heterocycles. The Morgan fingerprint density at radius 2 is 1.55 bits per heavy atom. The average Bonchev–Trinajstić information content (AvgIpc) is 2.44. The Kier molecular flexibility index (Phi) is 7.91. The predicted molar refractivity (Wildman–Crippen MR) is 77.2 cm³/mol. The molecule has 0 radical (unpaired) electrons. The number of ether oxygens (including phenoxy) is 2. The highest BCUT2D eigenvalue weighted by Gasteiger charge is 2.04. The molecule has 0 amide bonds. The van der Waals surface area contributed by atoms with Crippen LogP contribution < -0.4 is 11.2 Å². The van der Waals surface area contributed by atoms with Crippen LogP contribution in [0.5, 0.6) is 0 Å². The number of rotatable bonds is 10. The third-order valence-corrected chi connectivity index (χ3v) is 2.77. The van der Waals surface area contributed by atoms with E-state index in [1.807, 2.05) is 13.8 Å². The number of hydrogen-bond donors (Lipinski definition) is 0. The SMILES string of the molecule is CCCOCCn1ccc(=O)n(CCOCCC)c1=O. The maximum atomic E-state index is 12.1. The van der Waals surface area contributed by atoms with Gasteiger partial charge in [-0.2, -0.15) is 0 Å². The van der Waals surface area contributed by atoms with Crippen molar-refractivity contribution in [2.75, 3.05) is 26.4 Å². The minimum atomic E-state index is -0.308. The third-order valence-electron chi connectivity index (χ3n) is 2.77. The molecule has 0 aliphatic carbocycles. The molecule has 0 saturated carbocycles. The summed E-state index contributed by atoms with van der Waals surface area (Å²) in [5, 5.41) is 0. The first kappa shape index (κ1) is 16.7. The van der Waals surface area contributed by atoms with Gasteiger partial charge in [0.15, 0.2) is 0 Å². The Hall–Kier alpha value is -1.40. The summed E-state index contributed by atoms with van der Waals surface area (Å²) in [4.78, 5) is 23.8. The lowest BCUT2D eigenvalue weighted by Crippen LogP contribution is -2.40. The largest absolute Gasteiger partial charge is 0.380 e. The second kappa shape index (κ2) is 9.50. The first-order valence-corrected chi connectivity index (χ1v) is 7.16. The van der Waals surface area contributed by atoms with Crippen molar-refractivity contribution in [2.24, 2.45) is 0 Å². The van der Waals surface area contributed by atoms with Gasteiger partial charge in [-0.25, -0.2) is 4.79 Å². The summed E-state index contributed by atoms with van der Waals surface area (Å²) in [6.45, 7) is 6.95. The Labute approximate surface area is 118 Å². The minimum absolute atomic E-state index is 0.286. The fourth-order valence-electron chi connectivity index (χ4n) is 1.74. The molecule has 1 aromatic rings. The first-order valence-electron chi connectivity index (χ1n) is 7.16. The Morgan fingerprint density at radius 1 is 0.950 bits per heavy atom. The molecule has 6 heteroatoms. The van der Waals surface area contributed by atoms with Crippen molar-refractivity contribution in [3.63, 3.8) is 0 Å². The molecular formula is C14H24N2O4. The smallest absolute Gasteiger partial charge is 0.331 e. The van der Waals surface area contributed by atoms with E-state index in [9.17, 15) is 9.59 Å². The van der Waals surface area contributed by atoms with Crippen LogP contribution in [0.2, 0.25) is 0 Å². The quantitative estimate of drug-likeness (QED) is 0.598. The van der Waals surface area contributed by atoms with Gasteiger partial charge >= 0.3 is 5.69 Å². The van der Waals surface area contributed by atoms with E-state index in [0.717, 1.165) is 12.8 Å². The molecule has 0 atom stereocenters. The zero-order valence-corrected chi connectivity index (χ0v) is 12.3. The summed E-state index contributed by atoms with van der Waals surface area (Å²) in [5.41, 5.74) is -0.599. The van der Waals surface area contributed by atoms with Crippen LogP contribution in [-0.4, -0.2) is 35.6 Å². The molecule has 1 aromatic heterocycles. The van der Waals surface area contributed by atoms with Crippen LogP contribution in [0.1, 0.15) is 26.7 Å². The van der Waals surface area contributed by atoms with Gasteiger partial charge in [0.25, 0.3) is 5.56 Å². The van der Waals surface area contributed by atoms with Gasteiger partial charge in [-0.3, -0.25) is 13.9 Å². The summed E-state index contributed by atoms with van der Waals surface area (Å²) >= 11 is 0. The molecule has 0 aliphatic heterocycles. The minimum Gasteiger partial charge on any atom is -0.380 e. The predicted octanol–water partition coefficient (Wildman–Crippen LogP) is 0.863. The van der Waals surface area contributed by atoms with E-state index in [4.69, 9.17) is 9.47 Å². The fourth-order valence-corrected chi connectivity index (χ4v) is 1.74. The normalized spacial score (nSPS) is 10.9. The zero-order valence-electron chi connectivity index (χ0n) is 12.3. The van der Waals surface area contributed by atoms with Crippen molar-refractivity contribution in [2.45, 2.75) is 39.8 Å². The van der Waals surface area contributed by atoms with Gasteiger partial charge in [0.05, 0.1) is 26.3 Å². The third kappa shape index (κ3) is 5.30. The summed E-state index contributed by atoms with van der Waals surface area (Å²) in [7, 11) is 0. The molecular weight excluding hydrogens is 260 g/mol. The van der Waals surface area contributed by atoms with E-state index >= 15 is 0 Å². The van der Waals surface area contributed by atoms with Gasteiger partial charge in [-0.1, -0.05) is 13.8 Å². The van der Waals surface area contributed by atoms with E-state index in [1.54, 1.807) is 0 Å². The van der Waals surface area contributed by atoms with Crippen LogP contribution in [0.3, 0.4) is 0 Å². The molecule has 114 valence electrons. The van der Waals surface area contributed by atoms with Crippen LogP contribution in [0, 0.1) is 0 Å². The van der Waals surface area contributed by atoms with Crippen molar-refractivity contribution in [3.8, 4) is 0 Å². The monoisotopic (exact) mass is 284 g/mol. The fraction of sp³-hybridized carbons (Fsp3) is 0.714. The summed E-state index contributed by atoms with van der Waals surface area (Å²) < 4.78 is 13.4. The summed E-state index contributed by atoms with van der Waals surface area (Å²) in [6.07, 6.45) is 3.38. The summed E-state index contributed by atoms with van der Waals surface area (Å²) in [6, 6.07) is 1.40. The molecule has 0 fully saturated rings. The lowest BCUT2D eigenvalue weighted by Gasteiger charge is -2.10. The number of nitrogens with zero attached hydrogens (tertiary/aromatic N) is 2. The van der Waals surface area contributed by atoms with Crippen LogP contribution in [0.4, 0.5) is 0 Å². The Balaban J connectivity index is 2.64. The van der Waals surface area contributed by atoms with Gasteiger partial charge in [-0.15, -0.1) is 0 Å². The average molecular weight is 284 g/mol. The highest BCUT2D eigenvalue weighted by Crippen LogP contribution is 1.86. The Morgan fingerprint density at radius 3 is 2.15 bits per heavy atom. The molecule has 0 saturated heterocycles. The maximum Gasteiger partial charge on any atom is 0.331 e. The molecule has 0 spiro atoms.